The number of aromatic nitrogens is 3. The summed E-state index contributed by atoms with van der Waals surface area (Å²) in [7, 11) is 1.28. The van der Waals surface area contributed by atoms with Gasteiger partial charge in [0.15, 0.2) is 5.75 Å². The Morgan fingerprint density at radius 2 is 2.11 bits per heavy atom. The number of carbonyl (C=O) groups is 1. The summed E-state index contributed by atoms with van der Waals surface area (Å²) in [5.74, 6) is -0.513. The molecule has 0 bridgehead atoms. The minimum absolute atomic E-state index is 0.117. The van der Waals surface area contributed by atoms with Gasteiger partial charge in [0.25, 0.3) is 0 Å². The summed E-state index contributed by atoms with van der Waals surface area (Å²) in [6, 6.07) is 9.10. The summed E-state index contributed by atoms with van der Waals surface area (Å²) in [5, 5.41) is 30.6. The summed E-state index contributed by atoms with van der Waals surface area (Å²) >= 11 is 7.60. The van der Waals surface area contributed by atoms with Crippen LogP contribution in [0.3, 0.4) is 0 Å². The summed E-state index contributed by atoms with van der Waals surface area (Å²) in [6.07, 6.45) is 0. The number of hydrogen-bond acceptors (Lipinski definition) is 10. The Morgan fingerprint density at radius 1 is 1.36 bits per heavy atom. The van der Waals surface area contributed by atoms with E-state index in [0.29, 0.717) is 27.6 Å². The molecule has 1 unspecified atom stereocenters. The van der Waals surface area contributed by atoms with Crippen LogP contribution in [0.5, 0.6) is 11.5 Å². The Balaban J connectivity index is 1.81. The molecule has 36 heavy (non-hydrogen) atoms. The number of anilines is 1. The third-order valence-corrected chi connectivity index (χ3v) is 6.71. The lowest BCUT2D eigenvalue weighted by molar-refractivity contribution is -0.386. The average molecular weight is 532 g/mol. The van der Waals surface area contributed by atoms with E-state index < -0.39 is 28.4 Å². The maximum absolute atomic E-state index is 13.0. The number of thioether (sulfide) groups is 1. The first kappa shape index (κ1) is 25.3. The van der Waals surface area contributed by atoms with E-state index in [1.54, 1.807) is 19.9 Å². The van der Waals surface area contributed by atoms with E-state index in [9.17, 15) is 20.0 Å². The number of phenols is 1. The number of nitrogens with zero attached hydrogens (tertiary/aromatic N) is 4. The lowest BCUT2D eigenvalue weighted by Gasteiger charge is -2.28. The molecule has 3 aromatic rings. The van der Waals surface area contributed by atoms with Crippen molar-refractivity contribution in [2.45, 2.75) is 30.8 Å². The van der Waals surface area contributed by atoms with Crippen LogP contribution in [-0.4, -0.2) is 44.5 Å². The number of ether oxygens (including phenoxy) is 2. The maximum Gasteiger partial charge on any atom is 0.338 e. The predicted octanol–water partition coefficient (Wildman–Crippen LogP) is 4.70. The number of aromatic hydroxyl groups is 1. The van der Waals surface area contributed by atoms with E-state index in [2.05, 4.69) is 15.4 Å². The van der Waals surface area contributed by atoms with Crippen molar-refractivity contribution in [1.29, 1.82) is 0 Å². The zero-order chi connectivity index (χ0) is 26.0. The number of nitrogens with one attached hydrogen (secondary N) is 1. The van der Waals surface area contributed by atoms with Crippen LogP contribution in [0.1, 0.15) is 31.0 Å². The number of esters is 1. The average Bonchev–Trinajstić information content (AvgIpc) is 3.25. The van der Waals surface area contributed by atoms with Gasteiger partial charge in [0.2, 0.25) is 16.9 Å². The number of nitro benzene ring substituents is 1. The molecular formula is C23H22ClN5O6S. The number of benzene rings is 2. The van der Waals surface area contributed by atoms with Crippen LogP contribution in [-0.2, 0) is 15.3 Å². The number of rotatable bonds is 8. The Hall–Kier alpha value is -3.77. The fourth-order valence-corrected chi connectivity index (χ4v) is 4.91. The second-order valence-corrected chi connectivity index (χ2v) is 9.03. The number of carbonyl (C=O) groups excluding carboxylic acids is 1. The molecule has 0 saturated heterocycles. The second kappa shape index (κ2) is 10.5. The number of fused-ring (bicyclic) bond motifs is 1. The molecule has 0 fully saturated rings. The molecule has 188 valence electrons. The highest BCUT2D eigenvalue weighted by atomic mass is 35.5. The monoisotopic (exact) mass is 531 g/mol. The summed E-state index contributed by atoms with van der Waals surface area (Å²) in [6.45, 7) is 3.49. The topological polar surface area (TPSA) is 142 Å². The summed E-state index contributed by atoms with van der Waals surface area (Å²) in [5.41, 5.74) is 1.27. The molecule has 11 nitrogen and oxygen atoms in total. The number of halogens is 1. The molecule has 0 amide bonds. The first-order valence-corrected chi connectivity index (χ1v) is 12.1. The molecule has 0 saturated carbocycles. The largest absolute Gasteiger partial charge is 0.500 e. The molecule has 2 aromatic carbocycles. The molecule has 1 aliphatic rings. The standard InChI is InChI=1S/C23H22ClN5O6S/c1-4-35-21(31)18-12(2)25-22-26-23(36-11-13-7-5-6-8-15(13)24)27-28(22)19(18)14-9-16(29(32)33)20(30)17(10-14)34-3/h5-10,19,30H,4,11H2,1-3H3,(H,25,26,27). The molecule has 0 aliphatic carbocycles. The van der Waals surface area contributed by atoms with Gasteiger partial charge >= 0.3 is 11.7 Å². The summed E-state index contributed by atoms with van der Waals surface area (Å²) < 4.78 is 11.9. The Labute approximate surface area is 215 Å². The molecule has 2 heterocycles. The van der Waals surface area contributed by atoms with Crippen LogP contribution >= 0.6 is 23.4 Å². The van der Waals surface area contributed by atoms with Gasteiger partial charge in [-0.3, -0.25) is 10.1 Å². The molecule has 2 N–H and O–H groups in total. The Kier molecular flexibility index (Phi) is 7.36. The molecule has 0 spiro atoms. The fourth-order valence-electron chi connectivity index (χ4n) is 3.80. The van der Waals surface area contributed by atoms with Crippen molar-refractivity contribution in [3.63, 3.8) is 0 Å². The van der Waals surface area contributed by atoms with Gasteiger partial charge in [0.1, 0.15) is 6.04 Å². The quantitative estimate of drug-likeness (QED) is 0.182. The van der Waals surface area contributed by atoms with Crippen molar-refractivity contribution >= 4 is 41.0 Å². The van der Waals surface area contributed by atoms with Crippen LogP contribution in [0.25, 0.3) is 0 Å². The molecule has 1 atom stereocenters. The number of methoxy groups -OCH3 is 1. The first-order chi connectivity index (χ1) is 17.2. The molecule has 1 aromatic heterocycles. The number of hydrogen-bond donors (Lipinski definition) is 2. The lowest BCUT2D eigenvalue weighted by Crippen LogP contribution is -2.29. The van der Waals surface area contributed by atoms with Crippen LogP contribution in [0.4, 0.5) is 11.6 Å². The van der Waals surface area contributed by atoms with Crippen molar-refractivity contribution in [2.75, 3.05) is 19.0 Å². The maximum atomic E-state index is 13.0. The van der Waals surface area contributed by atoms with Crippen molar-refractivity contribution in [2.24, 2.45) is 0 Å². The van der Waals surface area contributed by atoms with E-state index in [1.807, 2.05) is 18.2 Å². The highest BCUT2D eigenvalue weighted by Gasteiger charge is 2.37. The zero-order valence-corrected chi connectivity index (χ0v) is 21.1. The van der Waals surface area contributed by atoms with Gasteiger partial charge in [-0.2, -0.15) is 4.98 Å². The molecular weight excluding hydrogens is 510 g/mol. The first-order valence-electron chi connectivity index (χ1n) is 10.8. The van der Waals surface area contributed by atoms with Crippen LogP contribution in [0.2, 0.25) is 5.02 Å². The SMILES string of the molecule is CCOC(=O)C1=C(C)Nc2nc(SCc3ccccc3Cl)nn2C1c1cc(OC)c(O)c([N+](=O)[O-])c1. The van der Waals surface area contributed by atoms with Crippen LogP contribution in [0.15, 0.2) is 52.8 Å². The van der Waals surface area contributed by atoms with Gasteiger partial charge in [0, 0.05) is 22.5 Å². The third kappa shape index (κ3) is 4.82. The zero-order valence-electron chi connectivity index (χ0n) is 19.5. The number of phenolic OH excluding ortho intramolecular Hbond substituents is 1. The van der Waals surface area contributed by atoms with Crippen molar-refractivity contribution < 1.29 is 24.3 Å². The molecule has 0 radical (unpaired) electrons. The molecule has 1 aliphatic heterocycles. The van der Waals surface area contributed by atoms with Crippen LogP contribution < -0.4 is 10.1 Å². The van der Waals surface area contributed by atoms with Gasteiger partial charge in [0.05, 0.1) is 24.2 Å². The highest BCUT2D eigenvalue weighted by Crippen LogP contribution is 2.43. The molecule has 13 heteroatoms. The van der Waals surface area contributed by atoms with E-state index in [0.717, 1.165) is 5.56 Å². The van der Waals surface area contributed by atoms with E-state index in [1.165, 1.54) is 35.7 Å². The second-order valence-electron chi connectivity index (χ2n) is 7.68. The highest BCUT2D eigenvalue weighted by molar-refractivity contribution is 7.98. The lowest BCUT2D eigenvalue weighted by atomic mass is 9.95. The number of allylic oxidation sites excluding steroid dienone is 1. The van der Waals surface area contributed by atoms with Crippen molar-refractivity contribution in [3.8, 4) is 11.5 Å². The van der Waals surface area contributed by atoms with E-state index in [-0.39, 0.29) is 23.5 Å². The van der Waals surface area contributed by atoms with Gasteiger partial charge in [-0.15, -0.1) is 5.10 Å². The van der Waals surface area contributed by atoms with Gasteiger partial charge in [-0.1, -0.05) is 41.6 Å². The fraction of sp³-hybridized carbons (Fsp3) is 0.261. The predicted molar refractivity (Wildman–Crippen MR) is 133 cm³/mol. The van der Waals surface area contributed by atoms with Gasteiger partial charge in [-0.25, -0.2) is 9.48 Å². The minimum atomic E-state index is -0.935. The Bertz CT molecular complexity index is 1380. The van der Waals surface area contributed by atoms with Crippen LogP contribution in [0, 0.1) is 10.1 Å². The third-order valence-electron chi connectivity index (χ3n) is 5.45. The minimum Gasteiger partial charge on any atom is -0.500 e. The van der Waals surface area contributed by atoms with Crippen molar-refractivity contribution in [3.05, 3.63) is 73.9 Å². The Morgan fingerprint density at radius 3 is 2.78 bits per heavy atom. The van der Waals surface area contributed by atoms with Gasteiger partial charge < -0.3 is 19.9 Å². The van der Waals surface area contributed by atoms with E-state index in [4.69, 9.17) is 21.1 Å². The normalized spacial score (nSPS) is 14.7. The van der Waals surface area contributed by atoms with E-state index >= 15 is 0 Å². The van der Waals surface area contributed by atoms with Crippen molar-refractivity contribution in [1.82, 2.24) is 14.8 Å². The van der Waals surface area contributed by atoms with Gasteiger partial charge in [-0.05, 0) is 37.1 Å². The number of nitro groups is 1. The summed E-state index contributed by atoms with van der Waals surface area (Å²) in [4.78, 5) is 28.4. The molecule has 4 rings (SSSR count). The smallest absolute Gasteiger partial charge is 0.338 e.